The predicted molar refractivity (Wildman–Crippen MR) is 184 cm³/mol. The molecule has 1 aromatic heterocycles. The summed E-state index contributed by atoms with van der Waals surface area (Å²) in [6, 6.07) is 17.8. The summed E-state index contributed by atoms with van der Waals surface area (Å²) in [6.45, 7) is 0.588. The number of aliphatic hydroxyl groups is 2. The highest BCUT2D eigenvalue weighted by molar-refractivity contribution is 6.52. The number of para-hydroxylation sites is 1. The van der Waals surface area contributed by atoms with Gasteiger partial charge in [0.2, 0.25) is 11.6 Å². The van der Waals surface area contributed by atoms with E-state index in [2.05, 4.69) is 22.4 Å². The zero-order chi connectivity index (χ0) is 37.4. The van der Waals surface area contributed by atoms with Gasteiger partial charge in [0, 0.05) is 33.2 Å². The van der Waals surface area contributed by atoms with Gasteiger partial charge in [-0.15, -0.1) is 0 Å². The van der Waals surface area contributed by atoms with Crippen molar-refractivity contribution >= 4 is 39.8 Å². The maximum absolute atomic E-state index is 13.2. The van der Waals surface area contributed by atoms with Gasteiger partial charge in [-0.25, -0.2) is 4.98 Å². The van der Waals surface area contributed by atoms with Crippen molar-refractivity contribution in [2.45, 2.75) is 75.4 Å². The number of ketones is 2. The maximum Gasteiger partial charge on any atom is 0.433 e. The Bertz CT molecular complexity index is 2000. The van der Waals surface area contributed by atoms with E-state index in [1.165, 1.54) is 11.6 Å². The standard InChI is InChI=1S/C22H19ClO3.C17H16F6N2O/c23-16-11-9-14(10-12-16)13-5-7-15(8-6-13)19-20(24)17-3-1-2-4-18(17)21(25)22(19)26;18-16(19,20)11-5-3-4-9-10(15(26)12-6-1-2-7-24-12)8-13(17(21,22)23)25-14(9)11/h1-4,9-13,15,24H,5-8H2;3-5,8,12,15,24,26H,1-2,6-7H2/t;12-,15+/m.1/s1. The summed E-state index contributed by atoms with van der Waals surface area (Å²) >= 11 is 5.96. The molecule has 52 heavy (non-hydrogen) atoms. The van der Waals surface area contributed by atoms with Crippen LogP contribution in [0.5, 0.6) is 0 Å². The van der Waals surface area contributed by atoms with Gasteiger partial charge in [-0.05, 0) is 92.3 Å². The molecule has 7 rings (SSSR count). The van der Waals surface area contributed by atoms with Crippen LogP contribution in [0.1, 0.15) is 95.3 Å². The van der Waals surface area contributed by atoms with Crippen molar-refractivity contribution in [2.75, 3.05) is 6.54 Å². The number of aromatic nitrogens is 1. The van der Waals surface area contributed by atoms with Crippen LogP contribution in [-0.2, 0) is 17.1 Å². The second-order valence-electron chi connectivity index (χ2n) is 13.4. The molecule has 0 unspecified atom stereocenters. The Labute approximate surface area is 300 Å². The summed E-state index contributed by atoms with van der Waals surface area (Å²) in [5.41, 5.74) is -1.38. The van der Waals surface area contributed by atoms with Gasteiger partial charge in [-0.1, -0.05) is 66.6 Å². The van der Waals surface area contributed by atoms with Crippen LogP contribution in [0.2, 0.25) is 5.02 Å². The van der Waals surface area contributed by atoms with E-state index in [1.807, 2.05) is 12.1 Å². The van der Waals surface area contributed by atoms with Crippen LogP contribution < -0.4 is 5.32 Å². The number of carbonyl (C=O) groups is 2. The molecule has 2 heterocycles. The maximum atomic E-state index is 13.2. The highest BCUT2D eigenvalue weighted by Gasteiger charge is 2.40. The normalized spacial score (nSPS) is 21.7. The number of hydrogen-bond donors (Lipinski definition) is 3. The molecule has 0 radical (unpaired) electrons. The number of alkyl halides is 6. The van der Waals surface area contributed by atoms with Crippen molar-refractivity contribution in [1.82, 2.24) is 10.3 Å². The quantitative estimate of drug-likeness (QED) is 0.142. The first-order chi connectivity index (χ1) is 24.6. The number of carbonyl (C=O) groups excluding carboxylic acids is 2. The second kappa shape index (κ2) is 15.0. The molecule has 274 valence electrons. The van der Waals surface area contributed by atoms with Crippen molar-refractivity contribution in [1.29, 1.82) is 0 Å². The average molecular weight is 745 g/mol. The first-order valence-electron chi connectivity index (χ1n) is 17.0. The third-order valence-corrected chi connectivity index (χ3v) is 10.4. The summed E-state index contributed by atoms with van der Waals surface area (Å²) in [5, 5.41) is 24.9. The van der Waals surface area contributed by atoms with Crippen LogP contribution >= 0.6 is 11.6 Å². The number of rotatable bonds is 4. The summed E-state index contributed by atoms with van der Waals surface area (Å²) in [6.07, 6.45) is -5.58. The second-order valence-corrected chi connectivity index (χ2v) is 13.8. The first-order valence-corrected chi connectivity index (χ1v) is 17.4. The number of piperidine rings is 1. The number of benzene rings is 3. The smallest absolute Gasteiger partial charge is 0.433 e. The van der Waals surface area contributed by atoms with Crippen molar-refractivity contribution in [3.05, 3.63) is 117 Å². The molecule has 1 aliphatic heterocycles. The molecule has 1 saturated heterocycles. The van der Waals surface area contributed by atoms with Gasteiger partial charge < -0.3 is 15.5 Å². The molecule has 2 aliphatic carbocycles. The van der Waals surface area contributed by atoms with Crippen molar-refractivity contribution in [3.8, 4) is 0 Å². The topological polar surface area (TPSA) is 99.5 Å². The van der Waals surface area contributed by atoms with Gasteiger partial charge in [0.15, 0.2) is 0 Å². The predicted octanol–water partition coefficient (Wildman–Crippen LogP) is 9.80. The Morgan fingerprint density at radius 2 is 1.42 bits per heavy atom. The van der Waals surface area contributed by atoms with E-state index in [4.69, 9.17) is 11.6 Å². The minimum Gasteiger partial charge on any atom is -0.507 e. The monoisotopic (exact) mass is 744 g/mol. The molecule has 3 aliphatic rings. The molecule has 3 aromatic carbocycles. The van der Waals surface area contributed by atoms with E-state index < -0.39 is 52.8 Å². The number of allylic oxidation sites excluding steroid dienone is 1. The zero-order valence-corrected chi connectivity index (χ0v) is 28.5. The summed E-state index contributed by atoms with van der Waals surface area (Å²) in [4.78, 5) is 28.3. The number of nitrogens with one attached hydrogen (secondary N) is 1. The fourth-order valence-electron chi connectivity index (χ4n) is 7.47. The molecular formula is C39H35ClF6N2O4. The van der Waals surface area contributed by atoms with Crippen molar-refractivity contribution < 1.29 is 46.1 Å². The largest absolute Gasteiger partial charge is 0.507 e. The number of nitrogens with zero attached hydrogens (tertiary/aromatic N) is 1. The highest BCUT2D eigenvalue weighted by atomic mass is 35.5. The fraction of sp³-hybridized carbons (Fsp3) is 0.359. The fourth-order valence-corrected chi connectivity index (χ4v) is 7.60. The van der Waals surface area contributed by atoms with Gasteiger partial charge in [0.25, 0.3) is 0 Å². The number of halogens is 7. The Morgan fingerprint density at radius 3 is 2.04 bits per heavy atom. The third-order valence-electron chi connectivity index (χ3n) is 10.1. The zero-order valence-electron chi connectivity index (χ0n) is 27.7. The van der Waals surface area contributed by atoms with Crippen molar-refractivity contribution in [3.63, 3.8) is 0 Å². The van der Waals surface area contributed by atoms with Crippen molar-refractivity contribution in [2.24, 2.45) is 5.92 Å². The lowest BCUT2D eigenvalue weighted by Crippen LogP contribution is -2.39. The van der Waals surface area contributed by atoms with Crippen LogP contribution in [0.4, 0.5) is 26.3 Å². The van der Waals surface area contributed by atoms with E-state index in [0.29, 0.717) is 47.7 Å². The number of fused-ring (bicyclic) bond motifs is 2. The molecule has 3 N–H and O–H groups in total. The van der Waals surface area contributed by atoms with Gasteiger partial charge in [0.05, 0.1) is 17.2 Å². The lowest BCUT2D eigenvalue weighted by atomic mass is 9.72. The number of pyridine rings is 1. The lowest BCUT2D eigenvalue weighted by Gasteiger charge is -2.31. The minimum absolute atomic E-state index is 0.0138. The Morgan fingerprint density at radius 1 is 0.769 bits per heavy atom. The molecule has 0 bridgehead atoms. The third kappa shape index (κ3) is 7.74. The van der Waals surface area contributed by atoms with Crippen LogP contribution in [-0.4, -0.2) is 39.4 Å². The minimum atomic E-state index is -4.93. The lowest BCUT2D eigenvalue weighted by molar-refractivity contribution is -0.142. The molecule has 2 atom stereocenters. The summed E-state index contributed by atoms with van der Waals surface area (Å²) in [7, 11) is 0. The molecule has 0 spiro atoms. The molecular weight excluding hydrogens is 710 g/mol. The SMILES string of the molecule is O=C1C(=O)c2ccccc2C(O)=C1C1CCC(c2ccc(Cl)cc2)CC1.O[C@@H](c1cc(C(F)(F)F)nc2c(C(F)(F)F)cccc12)[C@H]1CCCCN1. The van der Waals surface area contributed by atoms with Crippen LogP contribution in [0, 0.1) is 5.92 Å². The number of hydrogen-bond acceptors (Lipinski definition) is 6. The van der Waals surface area contributed by atoms with E-state index in [9.17, 15) is 46.1 Å². The van der Waals surface area contributed by atoms with E-state index in [1.54, 1.807) is 24.3 Å². The van der Waals surface area contributed by atoms with Crippen LogP contribution in [0.15, 0.2) is 78.4 Å². The molecule has 1 saturated carbocycles. The first kappa shape index (κ1) is 37.5. The van der Waals surface area contributed by atoms with Gasteiger partial charge in [-0.2, -0.15) is 26.3 Å². The molecule has 6 nitrogen and oxygen atoms in total. The van der Waals surface area contributed by atoms with Gasteiger partial charge in [-0.3, -0.25) is 9.59 Å². The van der Waals surface area contributed by atoms with E-state index in [-0.39, 0.29) is 22.6 Å². The number of Topliss-reactive ketones (excluding diaryl/α,β-unsaturated/α-hetero) is 2. The number of aliphatic hydroxyl groups excluding tert-OH is 2. The summed E-state index contributed by atoms with van der Waals surface area (Å²) < 4.78 is 79.3. The molecule has 13 heteroatoms. The Hall–Kier alpha value is -4.26. The van der Waals surface area contributed by atoms with Crippen LogP contribution in [0.25, 0.3) is 16.7 Å². The van der Waals surface area contributed by atoms with E-state index in [0.717, 1.165) is 49.6 Å². The van der Waals surface area contributed by atoms with Crippen LogP contribution in [0.3, 0.4) is 0 Å². The molecule has 2 fully saturated rings. The highest BCUT2D eigenvalue weighted by Crippen LogP contribution is 2.43. The van der Waals surface area contributed by atoms with Gasteiger partial charge in [0.1, 0.15) is 11.5 Å². The Kier molecular flexibility index (Phi) is 10.8. The summed E-state index contributed by atoms with van der Waals surface area (Å²) in [5.74, 6) is -0.708. The molecule has 0 amide bonds. The Balaban J connectivity index is 0.000000179. The van der Waals surface area contributed by atoms with Gasteiger partial charge >= 0.3 is 12.4 Å². The molecule has 4 aromatic rings. The van der Waals surface area contributed by atoms with E-state index >= 15 is 0 Å². The average Bonchev–Trinajstić information content (AvgIpc) is 3.13.